The van der Waals surface area contributed by atoms with E-state index < -0.39 is 90.7 Å². The fourth-order valence-electron chi connectivity index (χ4n) is 15.8. The van der Waals surface area contributed by atoms with Crippen molar-refractivity contribution < 1.29 is 75.8 Å². The Kier molecular flexibility index (Phi) is 36.4. The minimum atomic E-state index is -2.00. The van der Waals surface area contributed by atoms with E-state index in [1.165, 1.54) is 70.1 Å². The van der Waals surface area contributed by atoms with Crippen molar-refractivity contribution in [2.45, 2.75) is 63.9 Å². The minimum absolute atomic E-state index is 0. The summed E-state index contributed by atoms with van der Waals surface area (Å²) in [5.74, 6) is -9.56. The molecule has 16 aromatic rings. The van der Waals surface area contributed by atoms with Crippen LogP contribution in [-0.2, 0) is 50.9 Å². The van der Waals surface area contributed by atoms with Gasteiger partial charge < -0.3 is 29.0 Å². The first-order valence-corrected chi connectivity index (χ1v) is 49.5. The predicted molar refractivity (Wildman–Crippen MR) is 534 cm³/mol. The first-order chi connectivity index (χ1) is 63.5. The molecule has 0 aromatic heterocycles. The Labute approximate surface area is 793 Å². The summed E-state index contributed by atoms with van der Waals surface area (Å²) in [6.07, 6.45) is 6.20. The SMILES string of the molecule is CCC12CCC(c3ccc(-c4cc(F)c(F)c(F)c4)cc3)(OC1)OC2.CCC12CCC(c3ccc(Br)cc3)(OC1)OC2.OB(O)c1cc(F)c(F)c(F)c1.[Pd].c1ccc(P(c2ccccc2)c2ccccc2)cc1.c1ccc(P(c2ccccc2)c2ccccc2)cc1.c1ccc(P(c2ccccc2)c2ccccc2)cc1.c1ccc(P(c2ccccc2)c2ccccc2)cc1. The van der Waals surface area contributed by atoms with Crippen molar-refractivity contribution in [3.8, 4) is 11.1 Å². The summed E-state index contributed by atoms with van der Waals surface area (Å²) in [5.41, 5.74) is 2.91. The molecule has 0 aliphatic carbocycles. The molecule has 6 saturated heterocycles. The molecule has 19 heteroatoms. The van der Waals surface area contributed by atoms with Gasteiger partial charge in [0.1, 0.15) is 0 Å². The summed E-state index contributed by atoms with van der Waals surface area (Å²) >= 11 is 3.46. The van der Waals surface area contributed by atoms with E-state index in [0.29, 0.717) is 36.5 Å². The van der Waals surface area contributed by atoms with Gasteiger partial charge in [0, 0.05) is 59.7 Å². The van der Waals surface area contributed by atoms with Gasteiger partial charge in [0.2, 0.25) is 0 Å². The average Bonchev–Trinajstić information content (AvgIpc) is 0.750. The number of fused-ring (bicyclic) bond motifs is 6. The van der Waals surface area contributed by atoms with Crippen molar-refractivity contribution in [2.24, 2.45) is 10.8 Å². The van der Waals surface area contributed by atoms with Crippen LogP contribution < -0.4 is 69.1 Å². The first kappa shape index (κ1) is 98.3. The van der Waals surface area contributed by atoms with Crippen LogP contribution >= 0.6 is 47.6 Å². The Balaban J connectivity index is 0.000000131. The van der Waals surface area contributed by atoms with Gasteiger partial charge in [-0.3, -0.25) is 0 Å². The van der Waals surface area contributed by atoms with Crippen LogP contribution in [0.1, 0.15) is 63.5 Å². The molecule has 4 bridgehead atoms. The number of hydrogen-bond acceptors (Lipinski definition) is 6. The maximum atomic E-state index is 13.4. The Bertz CT molecular complexity index is 5170. The molecule has 6 fully saturated rings. The Morgan fingerprint density at radius 3 is 0.634 bits per heavy atom. The molecule has 6 aliphatic heterocycles. The van der Waals surface area contributed by atoms with Crippen molar-refractivity contribution in [1.82, 2.24) is 0 Å². The molecule has 131 heavy (non-hydrogen) atoms. The quantitative estimate of drug-likeness (QED) is 0.0386. The summed E-state index contributed by atoms with van der Waals surface area (Å²) in [4.78, 5) is 0. The Hall–Kier alpha value is -10.2. The van der Waals surface area contributed by atoms with Crippen molar-refractivity contribution >= 4 is 124 Å². The van der Waals surface area contributed by atoms with Gasteiger partial charge >= 0.3 is 7.12 Å². The monoisotopic (exact) mass is 1970 g/mol. The van der Waals surface area contributed by atoms with Crippen LogP contribution in [0.15, 0.2) is 441 Å². The van der Waals surface area contributed by atoms with Gasteiger partial charge in [-0.1, -0.05) is 430 Å². The van der Waals surface area contributed by atoms with Crippen molar-refractivity contribution in [3.05, 3.63) is 487 Å². The molecule has 0 radical (unpaired) electrons. The summed E-state index contributed by atoms with van der Waals surface area (Å²) in [5, 5.41) is 33.7. The van der Waals surface area contributed by atoms with Gasteiger partial charge in [0.05, 0.1) is 26.4 Å². The van der Waals surface area contributed by atoms with Crippen molar-refractivity contribution in [2.75, 3.05) is 26.4 Å². The molecule has 6 heterocycles. The van der Waals surface area contributed by atoms with E-state index in [4.69, 9.17) is 29.0 Å². The predicted octanol–water partition coefficient (Wildman–Crippen LogP) is 22.6. The number of rotatable bonds is 18. The van der Waals surface area contributed by atoms with Crippen LogP contribution in [0.25, 0.3) is 11.1 Å². The van der Waals surface area contributed by atoms with Crippen LogP contribution in [0.5, 0.6) is 0 Å². The summed E-state index contributed by atoms with van der Waals surface area (Å²) in [6, 6.07) is 148. The molecule has 0 amide bonds. The molecule has 0 spiro atoms. The Morgan fingerprint density at radius 1 is 0.267 bits per heavy atom. The number of hydrogen-bond donors (Lipinski definition) is 2. The zero-order valence-electron chi connectivity index (χ0n) is 72.5. The van der Waals surface area contributed by atoms with E-state index in [1.54, 1.807) is 12.1 Å². The molecule has 0 atom stereocenters. The maximum Gasteiger partial charge on any atom is 0.488 e. The molecule has 0 saturated carbocycles. The molecular formula is C112H100BBrF6O6P4Pd. The van der Waals surface area contributed by atoms with Gasteiger partial charge in [-0.2, -0.15) is 0 Å². The second-order valence-electron chi connectivity index (χ2n) is 31.7. The van der Waals surface area contributed by atoms with Gasteiger partial charge in [-0.25, -0.2) is 26.3 Å². The number of ether oxygens (including phenoxy) is 4. The molecule has 2 N–H and O–H groups in total. The van der Waals surface area contributed by atoms with E-state index in [2.05, 4.69) is 406 Å². The van der Waals surface area contributed by atoms with Crippen LogP contribution in [0.3, 0.4) is 0 Å². The fraction of sp³-hybridized carbons (Fsp3) is 0.143. The van der Waals surface area contributed by atoms with Crippen LogP contribution in [0, 0.1) is 45.7 Å². The molecule has 666 valence electrons. The van der Waals surface area contributed by atoms with Gasteiger partial charge in [0.15, 0.2) is 46.5 Å². The minimum Gasteiger partial charge on any atom is -0.423 e. The summed E-state index contributed by atoms with van der Waals surface area (Å²) in [7, 11) is -3.79. The zero-order chi connectivity index (χ0) is 90.6. The van der Waals surface area contributed by atoms with E-state index in [1.807, 2.05) is 24.3 Å². The van der Waals surface area contributed by atoms with Crippen LogP contribution in [-0.4, -0.2) is 43.6 Å². The number of benzene rings is 16. The third kappa shape index (κ3) is 25.8. The number of halogens is 7. The second kappa shape index (κ2) is 48.4. The standard InChI is InChI=1S/C20H19F3O2.4C18H15P.C14H17BrO2.C6H4BF3O2.Pd/c1-2-19-7-8-20(24-11-19,25-12-19)15-5-3-13(4-6-15)14-9-16(21)18(23)17(22)10-14;4*1-4-10-16(11-5-1)19(17-12-6-2-7-13-17)18-14-8-3-9-15-18;1-2-13-7-8-14(16-9-13,17-10-13)11-3-5-12(15)6-4-11;8-4-1-3(7(11)12)2-5(9)6(4)10;/h3-6,9-10H,2,7-8,11-12H2,1H3;4*1-15H;3-6H,2,7-10H2,1H3;1-2,11-12H;. The Morgan fingerprint density at radius 2 is 0.458 bits per heavy atom. The zero-order valence-corrected chi connectivity index (χ0v) is 79.2. The topological polar surface area (TPSA) is 77.4 Å². The van der Waals surface area contributed by atoms with Gasteiger partial charge in [-0.05, 0) is 174 Å². The molecular weight excluding hydrogens is 1880 g/mol. The maximum absolute atomic E-state index is 13.4. The average molecular weight is 1980 g/mol. The van der Waals surface area contributed by atoms with Crippen LogP contribution in [0.4, 0.5) is 26.3 Å². The molecule has 0 unspecified atom stereocenters. The molecule has 16 aromatic carbocycles. The second-order valence-corrected chi connectivity index (χ2v) is 41.5. The largest absolute Gasteiger partial charge is 0.488 e. The summed E-state index contributed by atoms with van der Waals surface area (Å²) in [6.45, 7) is 7.41. The van der Waals surface area contributed by atoms with E-state index in [9.17, 15) is 26.3 Å². The van der Waals surface area contributed by atoms with E-state index in [-0.39, 0.29) is 31.3 Å². The normalized spacial score (nSPS) is 17.2. The smallest absolute Gasteiger partial charge is 0.423 e. The van der Waals surface area contributed by atoms with Crippen molar-refractivity contribution in [1.29, 1.82) is 0 Å². The third-order valence-corrected chi connectivity index (χ3v) is 33.6. The van der Waals surface area contributed by atoms with Gasteiger partial charge in [0.25, 0.3) is 0 Å². The van der Waals surface area contributed by atoms with Crippen LogP contribution in [0.2, 0.25) is 0 Å². The fourth-order valence-corrected chi connectivity index (χ4v) is 25.3. The van der Waals surface area contributed by atoms with E-state index >= 15 is 0 Å². The molecule has 6 aliphatic rings. The summed E-state index contributed by atoms with van der Waals surface area (Å²) < 4.78 is 102. The molecule has 6 nitrogen and oxygen atoms in total. The van der Waals surface area contributed by atoms with Crippen molar-refractivity contribution in [3.63, 3.8) is 0 Å². The molecule has 22 rings (SSSR count). The van der Waals surface area contributed by atoms with Gasteiger partial charge in [-0.15, -0.1) is 0 Å². The third-order valence-electron chi connectivity index (χ3n) is 23.3. The van der Waals surface area contributed by atoms with E-state index in [0.717, 1.165) is 73.1 Å². The first-order valence-electron chi connectivity index (χ1n) is 43.4.